The Morgan fingerprint density at radius 1 is 1.44 bits per heavy atom. The van der Waals surface area contributed by atoms with Crippen LogP contribution in [0, 0.1) is 0 Å². The van der Waals surface area contributed by atoms with Crippen LogP contribution in [-0.4, -0.2) is 52.3 Å². The lowest BCUT2D eigenvalue weighted by molar-refractivity contribution is -0.0466. The van der Waals surface area contributed by atoms with Gasteiger partial charge in [0.2, 0.25) is 0 Å². The van der Waals surface area contributed by atoms with Gasteiger partial charge < -0.3 is 18.9 Å². The van der Waals surface area contributed by atoms with Crippen LogP contribution in [-0.2, 0) is 16.1 Å². The first-order valence-electron chi connectivity index (χ1n) is 8.57. The highest BCUT2D eigenvalue weighted by Crippen LogP contribution is 2.36. The van der Waals surface area contributed by atoms with Gasteiger partial charge in [-0.3, -0.25) is 9.78 Å². The van der Waals surface area contributed by atoms with Gasteiger partial charge in [-0.25, -0.2) is 0 Å². The lowest BCUT2D eigenvalue weighted by Gasteiger charge is -2.39. The van der Waals surface area contributed by atoms with Crippen LogP contribution in [0.15, 0.2) is 41.5 Å². The summed E-state index contributed by atoms with van der Waals surface area (Å²) in [5, 5.41) is 3.61. The molecule has 2 aromatic rings. The van der Waals surface area contributed by atoms with Crippen LogP contribution in [0.2, 0.25) is 0 Å². The molecule has 0 aromatic carbocycles. The zero-order valence-electron chi connectivity index (χ0n) is 14.0. The minimum Gasteiger partial charge on any atom is -0.371 e. The fourth-order valence-corrected chi connectivity index (χ4v) is 3.66. The quantitative estimate of drug-likeness (QED) is 0.845. The number of carbonyl (C=O) groups is 1. The van der Waals surface area contributed by atoms with Gasteiger partial charge in [0.1, 0.15) is 6.26 Å². The number of amides is 1. The highest BCUT2D eigenvalue weighted by molar-refractivity contribution is 5.93. The largest absolute Gasteiger partial charge is 0.371 e. The normalized spacial score (nSPS) is 26.2. The van der Waals surface area contributed by atoms with E-state index in [1.807, 2.05) is 23.2 Å². The predicted octanol–water partition coefficient (Wildman–Crippen LogP) is 2.05. The molecule has 4 rings (SSSR count). The van der Waals surface area contributed by atoms with Gasteiger partial charge in [-0.1, -0.05) is 11.2 Å². The van der Waals surface area contributed by atoms with Crippen LogP contribution >= 0.6 is 0 Å². The fourth-order valence-electron chi connectivity index (χ4n) is 3.66. The number of ether oxygens (including phenoxy) is 2. The Labute approximate surface area is 145 Å². The third kappa shape index (κ3) is 3.57. The first-order chi connectivity index (χ1) is 12.2. The smallest absolute Gasteiger partial charge is 0.258 e. The summed E-state index contributed by atoms with van der Waals surface area (Å²) in [6, 6.07) is 3.90. The van der Waals surface area contributed by atoms with Crippen molar-refractivity contribution in [2.75, 3.05) is 19.7 Å². The lowest BCUT2D eigenvalue weighted by atomic mass is 9.89. The topological polar surface area (TPSA) is 77.7 Å². The predicted molar refractivity (Wildman–Crippen MR) is 87.8 cm³/mol. The summed E-state index contributed by atoms with van der Waals surface area (Å²) in [7, 11) is 0. The summed E-state index contributed by atoms with van der Waals surface area (Å²) in [4.78, 5) is 18.5. The van der Waals surface area contributed by atoms with Crippen LogP contribution in [0.4, 0.5) is 0 Å². The summed E-state index contributed by atoms with van der Waals surface area (Å²) in [5.74, 6) is -0.0522. The number of aromatic nitrogens is 2. The van der Waals surface area contributed by atoms with Crippen molar-refractivity contribution >= 4 is 5.91 Å². The molecule has 2 saturated heterocycles. The van der Waals surface area contributed by atoms with Crippen molar-refractivity contribution in [3.05, 3.63) is 48.1 Å². The molecule has 2 aromatic heterocycles. The Hall–Kier alpha value is -2.25. The van der Waals surface area contributed by atoms with Crippen molar-refractivity contribution in [3.63, 3.8) is 0 Å². The number of hydrogen-bond acceptors (Lipinski definition) is 6. The summed E-state index contributed by atoms with van der Waals surface area (Å²) in [5.41, 5.74) is 1.24. The van der Waals surface area contributed by atoms with Crippen molar-refractivity contribution in [2.24, 2.45) is 0 Å². The third-order valence-electron chi connectivity index (χ3n) is 4.89. The van der Waals surface area contributed by atoms with Crippen LogP contribution in [0.3, 0.4) is 0 Å². The molecule has 0 N–H and O–H groups in total. The average molecular weight is 343 g/mol. The summed E-state index contributed by atoms with van der Waals surface area (Å²) >= 11 is 0. The lowest BCUT2D eigenvalue weighted by Crippen LogP contribution is -2.50. The van der Waals surface area contributed by atoms with Gasteiger partial charge in [0.05, 0.1) is 43.2 Å². The van der Waals surface area contributed by atoms with Crippen LogP contribution in [0.5, 0.6) is 0 Å². The zero-order chi connectivity index (χ0) is 17.1. The Kier molecular flexibility index (Phi) is 4.50. The molecule has 0 radical (unpaired) electrons. The number of hydrogen-bond donors (Lipinski definition) is 0. The highest BCUT2D eigenvalue weighted by atomic mass is 16.6. The van der Waals surface area contributed by atoms with Gasteiger partial charge in [0.15, 0.2) is 0 Å². The Morgan fingerprint density at radius 3 is 3.20 bits per heavy atom. The van der Waals surface area contributed by atoms with E-state index >= 15 is 0 Å². The van der Waals surface area contributed by atoms with Crippen molar-refractivity contribution in [1.82, 2.24) is 15.0 Å². The van der Waals surface area contributed by atoms with E-state index in [-0.39, 0.29) is 17.6 Å². The minimum absolute atomic E-state index is 0.0471. The monoisotopic (exact) mass is 343 g/mol. The first-order valence-corrected chi connectivity index (χ1v) is 8.57. The summed E-state index contributed by atoms with van der Waals surface area (Å²) in [6.07, 6.45) is 9.13. The number of rotatable bonds is 4. The highest BCUT2D eigenvalue weighted by Gasteiger charge is 2.45. The first kappa shape index (κ1) is 16.2. The molecule has 0 aliphatic carbocycles. The second-order valence-electron chi connectivity index (χ2n) is 6.74. The van der Waals surface area contributed by atoms with Crippen molar-refractivity contribution in [1.29, 1.82) is 0 Å². The average Bonchev–Trinajstić information content (AvgIpc) is 3.31. The van der Waals surface area contributed by atoms with Gasteiger partial charge in [0, 0.05) is 25.4 Å². The molecule has 0 unspecified atom stereocenters. The standard InChI is InChI=1S/C18H21N3O4/c22-17(15-9-20-25-11-15)21-6-2-4-18(13-21)7-16(12-24-18)23-10-14-3-1-5-19-8-14/h1,3,5,8-9,11,16H,2,4,6-7,10,12-13H2/t16-,18+/m1/s1. The molecule has 25 heavy (non-hydrogen) atoms. The molecule has 2 aliphatic rings. The van der Waals surface area contributed by atoms with Gasteiger partial charge in [-0.05, 0) is 24.5 Å². The molecule has 7 heteroatoms. The molecule has 2 fully saturated rings. The van der Waals surface area contributed by atoms with E-state index in [2.05, 4.69) is 10.1 Å². The number of piperidine rings is 1. The molecule has 2 atom stereocenters. The van der Waals surface area contributed by atoms with Crippen molar-refractivity contribution in [3.8, 4) is 0 Å². The molecule has 1 amide bonds. The van der Waals surface area contributed by atoms with Crippen molar-refractivity contribution in [2.45, 2.75) is 37.6 Å². The fraction of sp³-hybridized carbons (Fsp3) is 0.500. The van der Waals surface area contributed by atoms with Crippen molar-refractivity contribution < 1.29 is 18.8 Å². The molecular weight excluding hydrogens is 322 g/mol. The maximum Gasteiger partial charge on any atom is 0.258 e. The molecule has 4 heterocycles. The van der Waals surface area contributed by atoms with Gasteiger partial charge in [-0.2, -0.15) is 0 Å². The number of pyridine rings is 1. The Morgan fingerprint density at radius 2 is 2.40 bits per heavy atom. The van der Waals surface area contributed by atoms with E-state index in [0.717, 1.165) is 31.4 Å². The molecular formula is C18H21N3O4. The second kappa shape index (κ2) is 6.93. The van der Waals surface area contributed by atoms with E-state index in [4.69, 9.17) is 14.0 Å². The van der Waals surface area contributed by atoms with E-state index in [1.165, 1.54) is 12.5 Å². The maximum atomic E-state index is 12.5. The molecule has 0 saturated carbocycles. The third-order valence-corrected chi connectivity index (χ3v) is 4.89. The summed E-state index contributed by atoms with van der Waals surface area (Å²) in [6.45, 7) is 2.41. The Balaban J connectivity index is 1.35. The minimum atomic E-state index is -0.301. The zero-order valence-corrected chi connectivity index (χ0v) is 14.0. The second-order valence-corrected chi connectivity index (χ2v) is 6.74. The molecule has 0 bridgehead atoms. The van der Waals surface area contributed by atoms with Gasteiger partial charge in [-0.15, -0.1) is 0 Å². The molecule has 1 spiro atoms. The molecule has 7 nitrogen and oxygen atoms in total. The number of nitrogens with zero attached hydrogens (tertiary/aromatic N) is 3. The molecule has 132 valence electrons. The van der Waals surface area contributed by atoms with E-state index in [9.17, 15) is 4.79 Å². The van der Waals surface area contributed by atoms with Gasteiger partial charge in [0.25, 0.3) is 5.91 Å². The SMILES string of the molecule is O=C(c1cnoc1)N1CCC[C@]2(C[C@@H](OCc3cccnc3)CO2)C1. The van der Waals surface area contributed by atoms with Crippen LogP contribution in [0.25, 0.3) is 0 Å². The van der Waals surface area contributed by atoms with E-state index in [1.54, 1.807) is 6.20 Å². The van der Waals surface area contributed by atoms with Crippen LogP contribution in [0.1, 0.15) is 35.2 Å². The van der Waals surface area contributed by atoms with E-state index in [0.29, 0.717) is 25.3 Å². The number of carbonyl (C=O) groups excluding carboxylic acids is 1. The van der Waals surface area contributed by atoms with Gasteiger partial charge >= 0.3 is 0 Å². The molecule has 2 aliphatic heterocycles. The maximum absolute atomic E-state index is 12.5. The Bertz CT molecular complexity index is 706. The number of likely N-dealkylation sites (tertiary alicyclic amines) is 1. The van der Waals surface area contributed by atoms with E-state index < -0.39 is 0 Å². The van der Waals surface area contributed by atoms with Crippen LogP contribution < -0.4 is 0 Å². The summed E-state index contributed by atoms with van der Waals surface area (Å²) < 4.78 is 16.9.